The van der Waals surface area contributed by atoms with E-state index in [9.17, 15) is 9.59 Å². The number of nitrogens with one attached hydrogen (secondary N) is 1. The van der Waals surface area contributed by atoms with Crippen molar-refractivity contribution in [2.24, 2.45) is 0 Å². The number of ether oxygens (including phenoxy) is 2. The Bertz CT molecular complexity index is 1300. The fourth-order valence-corrected chi connectivity index (χ4v) is 4.69. The van der Waals surface area contributed by atoms with E-state index < -0.39 is 0 Å². The smallest absolute Gasteiger partial charge is 0.285 e. The van der Waals surface area contributed by atoms with Crippen molar-refractivity contribution in [3.63, 3.8) is 0 Å². The minimum absolute atomic E-state index is 0.143. The zero-order chi connectivity index (χ0) is 24.8. The number of benzene rings is 3. The Morgan fingerprint density at radius 1 is 1.09 bits per heavy atom. The molecule has 1 fully saturated rings. The highest BCUT2D eigenvalue weighted by Gasteiger charge is 2.33. The summed E-state index contributed by atoms with van der Waals surface area (Å²) < 4.78 is 11.6. The number of nitrogens with zero attached hydrogens (tertiary/aromatic N) is 1. The monoisotopic (exact) mass is 524 g/mol. The minimum atomic E-state index is -0.389. The lowest BCUT2D eigenvalue weighted by Crippen LogP contribution is -2.45. The zero-order valence-electron chi connectivity index (χ0n) is 18.7. The molecule has 2 amide bonds. The predicted molar refractivity (Wildman–Crippen MR) is 142 cm³/mol. The standard InChI is InChI=1S/C26H21ClN2O4S2/c1-32-22-13-18(11-12-21(22)33-16-19-9-5-6-10-20(19)27)14-23-25(31)29(26(34)35-23)28-24(30)15-17-7-3-2-4-8-17/h2-14H,15-16H2,1H3,(H,28,30)/b23-14-. The molecule has 9 heteroatoms. The Morgan fingerprint density at radius 3 is 2.57 bits per heavy atom. The maximum Gasteiger partial charge on any atom is 0.285 e. The number of thioether (sulfide) groups is 1. The van der Waals surface area contributed by atoms with E-state index in [1.54, 1.807) is 31.4 Å². The molecular formula is C26H21ClN2O4S2. The summed E-state index contributed by atoms with van der Waals surface area (Å²) in [5.41, 5.74) is 5.02. The summed E-state index contributed by atoms with van der Waals surface area (Å²) in [5, 5.41) is 1.73. The van der Waals surface area contributed by atoms with Gasteiger partial charge in [-0.2, -0.15) is 5.01 Å². The van der Waals surface area contributed by atoms with Crippen LogP contribution in [0.25, 0.3) is 6.08 Å². The van der Waals surface area contributed by atoms with E-state index in [2.05, 4.69) is 5.43 Å². The van der Waals surface area contributed by atoms with Crippen LogP contribution in [0, 0.1) is 0 Å². The van der Waals surface area contributed by atoms with Crippen LogP contribution in [-0.2, 0) is 22.6 Å². The van der Waals surface area contributed by atoms with Crippen LogP contribution in [-0.4, -0.2) is 28.3 Å². The number of hydrogen-bond acceptors (Lipinski definition) is 6. The van der Waals surface area contributed by atoms with Gasteiger partial charge in [-0.1, -0.05) is 78.0 Å². The molecule has 0 bridgehead atoms. The molecule has 1 saturated heterocycles. The van der Waals surface area contributed by atoms with Gasteiger partial charge in [0.2, 0.25) is 5.91 Å². The average molecular weight is 525 g/mol. The van der Waals surface area contributed by atoms with E-state index in [0.717, 1.165) is 33.5 Å². The molecule has 3 aromatic carbocycles. The van der Waals surface area contributed by atoms with Gasteiger partial charge in [0.25, 0.3) is 5.91 Å². The molecule has 1 heterocycles. The van der Waals surface area contributed by atoms with Crippen LogP contribution >= 0.6 is 35.6 Å². The fraction of sp³-hybridized carbons (Fsp3) is 0.115. The maximum atomic E-state index is 12.9. The molecule has 0 atom stereocenters. The molecule has 0 radical (unpaired) electrons. The fourth-order valence-electron chi connectivity index (χ4n) is 3.33. The number of thiocarbonyl (C=S) groups is 1. The topological polar surface area (TPSA) is 67.9 Å². The molecule has 178 valence electrons. The Morgan fingerprint density at radius 2 is 1.83 bits per heavy atom. The number of rotatable bonds is 8. The number of methoxy groups -OCH3 is 1. The van der Waals surface area contributed by atoms with E-state index in [1.165, 1.54) is 0 Å². The van der Waals surface area contributed by atoms with E-state index in [1.807, 2.05) is 54.6 Å². The van der Waals surface area contributed by atoms with Gasteiger partial charge in [0.05, 0.1) is 18.4 Å². The van der Waals surface area contributed by atoms with Gasteiger partial charge >= 0.3 is 0 Å². The van der Waals surface area contributed by atoms with E-state index in [0.29, 0.717) is 21.4 Å². The number of carbonyl (C=O) groups excluding carboxylic acids is 2. The van der Waals surface area contributed by atoms with Crippen LogP contribution in [0.4, 0.5) is 0 Å². The molecule has 1 aliphatic heterocycles. The van der Waals surface area contributed by atoms with Gasteiger partial charge in [-0.15, -0.1) is 0 Å². The SMILES string of the molecule is COc1cc(/C=C2\SC(=S)N(NC(=O)Cc3ccccc3)C2=O)ccc1OCc1ccccc1Cl. The first-order chi connectivity index (χ1) is 16.9. The highest BCUT2D eigenvalue weighted by Crippen LogP contribution is 2.34. The third-order valence-electron chi connectivity index (χ3n) is 5.06. The quantitative estimate of drug-likeness (QED) is 0.314. The van der Waals surface area contributed by atoms with Crippen molar-refractivity contribution in [1.29, 1.82) is 0 Å². The van der Waals surface area contributed by atoms with Gasteiger partial charge in [-0.3, -0.25) is 15.0 Å². The van der Waals surface area contributed by atoms with Crippen LogP contribution < -0.4 is 14.9 Å². The van der Waals surface area contributed by atoms with Gasteiger partial charge in [-0.05, 0) is 47.6 Å². The van der Waals surface area contributed by atoms with Gasteiger partial charge in [-0.25, -0.2) is 0 Å². The highest BCUT2D eigenvalue weighted by molar-refractivity contribution is 8.26. The third kappa shape index (κ3) is 6.22. The molecular weight excluding hydrogens is 504 g/mol. The second-order valence-corrected chi connectivity index (χ2v) is 9.59. The van der Waals surface area contributed by atoms with Crippen LogP contribution in [0.2, 0.25) is 5.02 Å². The van der Waals surface area contributed by atoms with Crippen LogP contribution in [0.15, 0.2) is 77.7 Å². The van der Waals surface area contributed by atoms with Gasteiger partial charge in [0.1, 0.15) is 6.61 Å². The summed E-state index contributed by atoms with van der Waals surface area (Å²) in [7, 11) is 1.54. The number of amides is 2. The molecule has 3 aromatic rings. The van der Waals surface area contributed by atoms with Crippen molar-refractivity contribution in [3.8, 4) is 11.5 Å². The van der Waals surface area contributed by atoms with E-state index in [-0.39, 0.29) is 29.2 Å². The second-order valence-electron chi connectivity index (χ2n) is 7.50. The lowest BCUT2D eigenvalue weighted by atomic mass is 10.1. The lowest BCUT2D eigenvalue weighted by molar-refractivity contribution is -0.132. The first kappa shape index (κ1) is 24.8. The first-order valence-corrected chi connectivity index (χ1v) is 12.2. The van der Waals surface area contributed by atoms with Crippen molar-refractivity contribution < 1.29 is 19.1 Å². The van der Waals surface area contributed by atoms with Crippen LogP contribution in [0.3, 0.4) is 0 Å². The second kappa shape index (κ2) is 11.4. The Hall–Kier alpha value is -3.33. The molecule has 4 rings (SSSR count). The first-order valence-electron chi connectivity index (χ1n) is 10.6. The van der Waals surface area contributed by atoms with Crippen molar-refractivity contribution in [1.82, 2.24) is 10.4 Å². The van der Waals surface area contributed by atoms with Crippen LogP contribution in [0.1, 0.15) is 16.7 Å². The van der Waals surface area contributed by atoms with Gasteiger partial charge in [0.15, 0.2) is 15.8 Å². The summed E-state index contributed by atoms with van der Waals surface area (Å²) in [6, 6.07) is 22.1. The van der Waals surface area contributed by atoms with Crippen molar-refractivity contribution >= 4 is 57.8 Å². The molecule has 0 aliphatic carbocycles. The van der Waals surface area contributed by atoms with Gasteiger partial charge < -0.3 is 9.47 Å². The summed E-state index contributed by atoms with van der Waals surface area (Å²) in [5.74, 6) is 0.345. The molecule has 1 aliphatic rings. The third-order valence-corrected chi connectivity index (χ3v) is 6.74. The van der Waals surface area contributed by atoms with E-state index >= 15 is 0 Å². The minimum Gasteiger partial charge on any atom is -0.493 e. The number of hydrogen-bond donors (Lipinski definition) is 1. The Balaban J connectivity index is 1.44. The lowest BCUT2D eigenvalue weighted by Gasteiger charge is -2.15. The normalized spacial score (nSPS) is 14.3. The molecule has 6 nitrogen and oxygen atoms in total. The number of hydrazine groups is 1. The number of carbonyl (C=O) groups is 2. The Labute approximate surface area is 217 Å². The van der Waals surface area contributed by atoms with Gasteiger partial charge in [0, 0.05) is 10.6 Å². The zero-order valence-corrected chi connectivity index (χ0v) is 21.1. The van der Waals surface area contributed by atoms with Crippen LogP contribution in [0.5, 0.6) is 11.5 Å². The number of halogens is 1. The molecule has 35 heavy (non-hydrogen) atoms. The molecule has 1 N–H and O–H groups in total. The van der Waals surface area contributed by atoms with Crippen molar-refractivity contribution in [2.45, 2.75) is 13.0 Å². The molecule has 0 unspecified atom stereocenters. The average Bonchev–Trinajstić information content (AvgIpc) is 3.11. The maximum absolute atomic E-state index is 12.9. The summed E-state index contributed by atoms with van der Waals surface area (Å²) in [6.45, 7) is 0.288. The Kier molecular flexibility index (Phi) is 8.07. The summed E-state index contributed by atoms with van der Waals surface area (Å²) in [6.07, 6.45) is 1.84. The molecule has 0 aromatic heterocycles. The summed E-state index contributed by atoms with van der Waals surface area (Å²) in [4.78, 5) is 25.7. The predicted octanol–water partition coefficient (Wildman–Crippen LogP) is 5.40. The van der Waals surface area contributed by atoms with Crippen molar-refractivity contribution in [3.05, 3.63) is 99.4 Å². The van der Waals surface area contributed by atoms with Crippen molar-refractivity contribution in [2.75, 3.05) is 7.11 Å². The molecule has 0 saturated carbocycles. The van der Waals surface area contributed by atoms with E-state index in [4.69, 9.17) is 33.3 Å². The largest absolute Gasteiger partial charge is 0.493 e. The molecule has 0 spiro atoms. The highest BCUT2D eigenvalue weighted by atomic mass is 35.5. The summed E-state index contributed by atoms with van der Waals surface area (Å²) >= 11 is 12.6.